The van der Waals surface area contributed by atoms with Crippen LogP contribution in [0.15, 0.2) is 32.0 Å². The average molecular weight is 426 g/mol. The van der Waals surface area contributed by atoms with E-state index in [-0.39, 0.29) is 16.8 Å². The van der Waals surface area contributed by atoms with Crippen LogP contribution in [-0.4, -0.2) is 26.4 Å². The Kier molecular flexibility index (Phi) is 4.88. The molecule has 1 amide bonds. The average Bonchev–Trinajstić information content (AvgIpc) is 3.15. The molecule has 0 aromatic heterocycles. The largest absolute Gasteiger partial charge is 0.352 e. The number of nitrogens with one attached hydrogen (secondary N) is 2. The van der Waals surface area contributed by atoms with E-state index in [4.69, 9.17) is 0 Å². The van der Waals surface area contributed by atoms with E-state index in [1.54, 1.807) is 12.1 Å². The third-order valence-corrected chi connectivity index (χ3v) is 5.86. The molecule has 5 nitrogen and oxygen atoms in total. The van der Waals surface area contributed by atoms with E-state index in [1.165, 1.54) is 13.0 Å². The molecule has 0 bridgehead atoms. The summed E-state index contributed by atoms with van der Waals surface area (Å²) in [6, 6.07) is 4.23. The van der Waals surface area contributed by atoms with Gasteiger partial charge in [0.15, 0.2) is 0 Å². The summed E-state index contributed by atoms with van der Waals surface area (Å²) in [6.07, 6.45) is 1.92. The van der Waals surface area contributed by atoms with E-state index in [0.29, 0.717) is 8.95 Å². The minimum atomic E-state index is -3.76. The van der Waals surface area contributed by atoms with E-state index < -0.39 is 16.1 Å². The Hall–Kier alpha value is -0.440. The number of halogens is 2. The van der Waals surface area contributed by atoms with Gasteiger partial charge in [-0.25, -0.2) is 8.42 Å². The second-order valence-electron chi connectivity index (χ2n) is 4.70. The highest BCUT2D eigenvalue weighted by Gasteiger charge is 2.28. The number of amides is 1. The summed E-state index contributed by atoms with van der Waals surface area (Å²) in [7, 11) is -3.76. The molecule has 1 atom stereocenters. The van der Waals surface area contributed by atoms with Gasteiger partial charge in [-0.1, -0.05) is 15.9 Å². The molecular weight excluding hydrogens is 412 g/mol. The Morgan fingerprint density at radius 1 is 1.35 bits per heavy atom. The summed E-state index contributed by atoms with van der Waals surface area (Å²) < 4.78 is 28.0. The zero-order valence-electron chi connectivity index (χ0n) is 10.7. The molecule has 1 aromatic carbocycles. The lowest BCUT2D eigenvalue weighted by Gasteiger charge is -2.15. The Morgan fingerprint density at radius 3 is 2.60 bits per heavy atom. The summed E-state index contributed by atoms with van der Waals surface area (Å²) in [5, 5.41) is 2.77. The minimum absolute atomic E-state index is 0.0953. The smallest absolute Gasteiger partial charge is 0.242 e. The minimum Gasteiger partial charge on any atom is -0.352 e. The summed E-state index contributed by atoms with van der Waals surface area (Å²) in [5.41, 5.74) is 0. The molecule has 0 aliphatic heterocycles. The first-order valence-electron chi connectivity index (χ1n) is 6.07. The lowest BCUT2D eigenvalue weighted by atomic mass is 10.3. The van der Waals surface area contributed by atoms with Gasteiger partial charge in [0.1, 0.15) is 0 Å². The van der Waals surface area contributed by atoms with Gasteiger partial charge in [-0.2, -0.15) is 4.72 Å². The summed E-state index contributed by atoms with van der Waals surface area (Å²) in [6.45, 7) is 1.53. The van der Waals surface area contributed by atoms with Crippen molar-refractivity contribution in [3.63, 3.8) is 0 Å². The molecule has 20 heavy (non-hydrogen) atoms. The standard InChI is InChI=1S/C12H14Br2N2O3S/c1-7(12(17)15-9-3-4-9)16-20(18,19)11-6-8(13)2-5-10(11)14/h2,5-7,9,16H,3-4H2,1H3,(H,15,17). The maximum atomic E-state index is 12.3. The van der Waals surface area contributed by atoms with Crippen LogP contribution in [0.3, 0.4) is 0 Å². The van der Waals surface area contributed by atoms with E-state index in [9.17, 15) is 13.2 Å². The lowest BCUT2D eigenvalue weighted by Crippen LogP contribution is -2.45. The molecule has 1 unspecified atom stereocenters. The summed E-state index contributed by atoms with van der Waals surface area (Å²) >= 11 is 6.44. The topological polar surface area (TPSA) is 75.3 Å². The van der Waals surface area contributed by atoms with Gasteiger partial charge in [-0.15, -0.1) is 0 Å². The fourth-order valence-corrected chi connectivity index (χ4v) is 4.29. The highest BCUT2D eigenvalue weighted by Crippen LogP contribution is 2.25. The van der Waals surface area contributed by atoms with Gasteiger partial charge in [0.2, 0.25) is 15.9 Å². The molecule has 2 rings (SSSR count). The van der Waals surface area contributed by atoms with Crippen LogP contribution in [-0.2, 0) is 14.8 Å². The van der Waals surface area contributed by atoms with Crippen molar-refractivity contribution >= 4 is 47.8 Å². The van der Waals surface area contributed by atoms with E-state index in [1.807, 2.05) is 0 Å². The first-order chi connectivity index (χ1) is 9.29. The Morgan fingerprint density at radius 2 is 2.00 bits per heavy atom. The van der Waals surface area contributed by atoms with Crippen molar-refractivity contribution in [3.8, 4) is 0 Å². The van der Waals surface area contributed by atoms with Crippen molar-refractivity contribution in [1.82, 2.24) is 10.0 Å². The molecule has 110 valence electrons. The van der Waals surface area contributed by atoms with Crippen LogP contribution in [0.1, 0.15) is 19.8 Å². The lowest BCUT2D eigenvalue weighted by molar-refractivity contribution is -0.122. The molecule has 2 N–H and O–H groups in total. The van der Waals surface area contributed by atoms with Crippen LogP contribution in [0, 0.1) is 0 Å². The first-order valence-corrected chi connectivity index (χ1v) is 9.14. The van der Waals surface area contributed by atoms with E-state index in [2.05, 4.69) is 41.9 Å². The third kappa shape index (κ3) is 4.03. The molecule has 0 saturated heterocycles. The predicted octanol–water partition coefficient (Wildman–Crippen LogP) is 2.16. The van der Waals surface area contributed by atoms with Gasteiger partial charge in [0, 0.05) is 15.0 Å². The Balaban J connectivity index is 2.13. The number of sulfonamides is 1. The van der Waals surface area contributed by atoms with Crippen molar-refractivity contribution in [1.29, 1.82) is 0 Å². The Labute approximate surface area is 134 Å². The zero-order valence-corrected chi connectivity index (χ0v) is 14.7. The number of carbonyl (C=O) groups excluding carboxylic acids is 1. The van der Waals surface area contributed by atoms with Gasteiger partial charge >= 0.3 is 0 Å². The van der Waals surface area contributed by atoms with Crippen LogP contribution in [0.25, 0.3) is 0 Å². The van der Waals surface area contributed by atoms with Crippen molar-refractivity contribution < 1.29 is 13.2 Å². The van der Waals surface area contributed by atoms with Crippen molar-refractivity contribution in [2.24, 2.45) is 0 Å². The molecular formula is C12H14Br2N2O3S. The van der Waals surface area contributed by atoms with Gasteiger partial charge < -0.3 is 5.32 Å². The maximum absolute atomic E-state index is 12.3. The molecule has 1 saturated carbocycles. The molecule has 0 heterocycles. The highest BCUT2D eigenvalue weighted by molar-refractivity contribution is 9.11. The van der Waals surface area contributed by atoms with Gasteiger partial charge in [-0.3, -0.25) is 4.79 Å². The van der Waals surface area contributed by atoms with E-state index in [0.717, 1.165) is 12.8 Å². The molecule has 1 fully saturated rings. The first kappa shape index (κ1) is 15.9. The molecule has 1 aromatic rings. The second kappa shape index (κ2) is 6.13. The fraction of sp³-hybridized carbons (Fsp3) is 0.417. The second-order valence-corrected chi connectivity index (χ2v) is 8.15. The van der Waals surface area contributed by atoms with Gasteiger partial charge in [0.25, 0.3) is 0 Å². The van der Waals surface area contributed by atoms with Crippen LogP contribution < -0.4 is 10.0 Å². The molecule has 8 heteroatoms. The Bertz CT molecular complexity index is 630. The van der Waals surface area contributed by atoms with Crippen molar-refractivity contribution in [2.75, 3.05) is 0 Å². The van der Waals surface area contributed by atoms with Crippen LogP contribution in [0.5, 0.6) is 0 Å². The van der Waals surface area contributed by atoms with Crippen LogP contribution >= 0.6 is 31.9 Å². The molecule has 1 aliphatic rings. The summed E-state index contributed by atoms with van der Waals surface area (Å²) in [5.74, 6) is -0.304. The molecule has 0 radical (unpaired) electrons. The number of hydrogen-bond donors (Lipinski definition) is 2. The quantitative estimate of drug-likeness (QED) is 0.758. The number of rotatable bonds is 5. The maximum Gasteiger partial charge on any atom is 0.242 e. The molecule has 1 aliphatic carbocycles. The van der Waals surface area contributed by atoms with E-state index >= 15 is 0 Å². The third-order valence-electron chi connectivity index (χ3n) is 2.83. The number of benzene rings is 1. The summed E-state index contributed by atoms with van der Waals surface area (Å²) in [4.78, 5) is 11.9. The predicted molar refractivity (Wildman–Crippen MR) is 82.8 cm³/mol. The number of carbonyl (C=O) groups is 1. The SMILES string of the molecule is CC(NS(=O)(=O)c1cc(Br)ccc1Br)C(=O)NC1CC1. The highest BCUT2D eigenvalue weighted by atomic mass is 79.9. The van der Waals surface area contributed by atoms with Crippen LogP contribution in [0.4, 0.5) is 0 Å². The van der Waals surface area contributed by atoms with Crippen LogP contribution in [0.2, 0.25) is 0 Å². The normalized spacial score (nSPS) is 16.8. The van der Waals surface area contributed by atoms with Crippen molar-refractivity contribution in [2.45, 2.75) is 36.7 Å². The van der Waals surface area contributed by atoms with Crippen molar-refractivity contribution in [3.05, 3.63) is 27.1 Å². The molecule has 0 spiro atoms. The van der Waals surface area contributed by atoms with Gasteiger partial charge in [-0.05, 0) is 53.9 Å². The monoisotopic (exact) mass is 424 g/mol. The number of hydrogen-bond acceptors (Lipinski definition) is 3. The van der Waals surface area contributed by atoms with Gasteiger partial charge in [0.05, 0.1) is 10.9 Å². The zero-order chi connectivity index (χ0) is 14.9. The fourth-order valence-electron chi connectivity index (χ4n) is 1.59.